The molecule has 1 aliphatic heterocycles. The van der Waals surface area contributed by atoms with Crippen LogP contribution in [-0.2, 0) is 9.63 Å². The molecular weight excluding hydrogens is 172 g/mol. The first-order chi connectivity index (χ1) is 6.02. The maximum Gasteiger partial charge on any atom is 0.349 e. The lowest BCUT2D eigenvalue weighted by molar-refractivity contribution is -0.165. The summed E-state index contributed by atoms with van der Waals surface area (Å²) < 4.78 is 0. The molecule has 0 bridgehead atoms. The van der Waals surface area contributed by atoms with E-state index in [1.165, 1.54) is 0 Å². The topological polar surface area (TPSA) is 58.6 Å². The van der Waals surface area contributed by atoms with E-state index in [0.29, 0.717) is 6.61 Å². The number of carbonyl (C=O) groups excluding carboxylic acids is 2. The molecule has 1 N–H and O–H groups in total. The standard InChI is InChI=1S/C8H14N2O3/c1-5(2)4-13-10-7(11)6(3)9-8(10)12/h5-6H,4H2,1-3H3,(H,9,12)/t6-/m0/s1. The van der Waals surface area contributed by atoms with Gasteiger partial charge in [0.15, 0.2) is 0 Å². The van der Waals surface area contributed by atoms with Crippen molar-refractivity contribution < 1.29 is 14.4 Å². The van der Waals surface area contributed by atoms with Crippen molar-refractivity contribution >= 4 is 11.9 Å². The molecule has 13 heavy (non-hydrogen) atoms. The number of nitrogens with one attached hydrogen (secondary N) is 1. The van der Waals surface area contributed by atoms with Gasteiger partial charge in [-0.05, 0) is 12.8 Å². The van der Waals surface area contributed by atoms with E-state index in [2.05, 4.69) is 5.32 Å². The first-order valence-electron chi connectivity index (χ1n) is 4.29. The Kier molecular flexibility index (Phi) is 2.87. The van der Waals surface area contributed by atoms with Crippen LogP contribution in [0, 0.1) is 5.92 Å². The molecule has 3 amide bonds. The number of amides is 3. The average molecular weight is 186 g/mol. The van der Waals surface area contributed by atoms with E-state index in [0.717, 1.165) is 5.06 Å². The number of hydroxylamine groups is 2. The zero-order chi connectivity index (χ0) is 10.0. The van der Waals surface area contributed by atoms with Crippen molar-refractivity contribution in [2.45, 2.75) is 26.8 Å². The van der Waals surface area contributed by atoms with Gasteiger partial charge in [-0.15, -0.1) is 5.06 Å². The molecule has 1 heterocycles. The average Bonchev–Trinajstić information content (AvgIpc) is 2.24. The molecule has 0 aliphatic carbocycles. The Bertz CT molecular complexity index is 227. The number of hydrogen-bond donors (Lipinski definition) is 1. The van der Waals surface area contributed by atoms with Gasteiger partial charge in [-0.3, -0.25) is 9.63 Å². The Morgan fingerprint density at radius 3 is 2.54 bits per heavy atom. The summed E-state index contributed by atoms with van der Waals surface area (Å²) in [4.78, 5) is 27.4. The largest absolute Gasteiger partial charge is 0.349 e. The molecule has 74 valence electrons. The fraction of sp³-hybridized carbons (Fsp3) is 0.750. The van der Waals surface area contributed by atoms with Gasteiger partial charge in [0.2, 0.25) is 0 Å². The van der Waals surface area contributed by atoms with Crippen molar-refractivity contribution in [3.8, 4) is 0 Å². The summed E-state index contributed by atoms with van der Waals surface area (Å²) in [6.45, 7) is 5.88. The van der Waals surface area contributed by atoms with Crippen LogP contribution in [0.3, 0.4) is 0 Å². The van der Waals surface area contributed by atoms with Crippen molar-refractivity contribution in [1.29, 1.82) is 0 Å². The Hall–Kier alpha value is -1.10. The predicted octanol–water partition coefficient (Wildman–Crippen LogP) is 0.514. The SMILES string of the molecule is CC(C)CON1C(=O)N[C@@H](C)C1=O. The van der Waals surface area contributed by atoms with Crippen molar-refractivity contribution in [1.82, 2.24) is 10.4 Å². The lowest BCUT2D eigenvalue weighted by atomic mass is 10.2. The minimum Gasteiger partial charge on any atom is -0.324 e. The molecule has 0 saturated carbocycles. The Morgan fingerprint density at radius 1 is 1.54 bits per heavy atom. The second kappa shape index (κ2) is 3.74. The van der Waals surface area contributed by atoms with Gasteiger partial charge >= 0.3 is 6.03 Å². The Morgan fingerprint density at radius 2 is 2.15 bits per heavy atom. The fourth-order valence-electron chi connectivity index (χ4n) is 0.927. The van der Waals surface area contributed by atoms with E-state index >= 15 is 0 Å². The third kappa shape index (κ3) is 2.18. The van der Waals surface area contributed by atoms with Gasteiger partial charge in [0.1, 0.15) is 6.04 Å². The maximum absolute atomic E-state index is 11.2. The quantitative estimate of drug-likeness (QED) is 0.653. The number of nitrogens with zero attached hydrogens (tertiary/aromatic N) is 1. The second-order valence-corrected chi connectivity index (χ2v) is 3.49. The molecule has 0 aromatic carbocycles. The summed E-state index contributed by atoms with van der Waals surface area (Å²) in [6.07, 6.45) is 0. The van der Waals surface area contributed by atoms with E-state index in [9.17, 15) is 9.59 Å². The molecule has 5 heteroatoms. The maximum atomic E-state index is 11.2. The summed E-state index contributed by atoms with van der Waals surface area (Å²) in [5.74, 6) is -0.0397. The van der Waals surface area contributed by atoms with Crippen molar-refractivity contribution in [2.24, 2.45) is 5.92 Å². The van der Waals surface area contributed by atoms with Gasteiger partial charge < -0.3 is 5.32 Å². The van der Waals surface area contributed by atoms with Gasteiger partial charge in [0, 0.05) is 0 Å². The molecule has 0 unspecified atom stereocenters. The number of carbonyl (C=O) groups is 2. The summed E-state index contributed by atoms with van der Waals surface area (Å²) in [5.41, 5.74) is 0. The number of rotatable bonds is 3. The minimum atomic E-state index is -0.474. The van der Waals surface area contributed by atoms with Crippen LogP contribution >= 0.6 is 0 Å². The van der Waals surface area contributed by atoms with Gasteiger partial charge in [-0.1, -0.05) is 13.8 Å². The normalized spacial score (nSPS) is 22.8. The highest BCUT2D eigenvalue weighted by Crippen LogP contribution is 2.07. The lowest BCUT2D eigenvalue weighted by Crippen LogP contribution is -2.32. The number of hydrogen-bond acceptors (Lipinski definition) is 3. The highest BCUT2D eigenvalue weighted by Gasteiger charge is 2.36. The summed E-state index contributed by atoms with van der Waals surface area (Å²) in [7, 11) is 0. The first kappa shape index (κ1) is 9.98. The molecule has 0 aromatic rings. The molecule has 1 atom stereocenters. The molecule has 5 nitrogen and oxygen atoms in total. The summed E-state index contributed by atoms with van der Waals surface area (Å²) >= 11 is 0. The highest BCUT2D eigenvalue weighted by molar-refractivity contribution is 6.02. The summed E-state index contributed by atoms with van der Waals surface area (Å²) in [5, 5.41) is 3.25. The van der Waals surface area contributed by atoms with Gasteiger partial charge in [0.05, 0.1) is 6.61 Å². The molecule has 0 spiro atoms. The lowest BCUT2D eigenvalue weighted by Gasteiger charge is -2.13. The minimum absolute atomic E-state index is 0.288. The zero-order valence-electron chi connectivity index (χ0n) is 8.03. The smallest absolute Gasteiger partial charge is 0.324 e. The molecule has 1 fully saturated rings. The monoisotopic (exact) mass is 186 g/mol. The second-order valence-electron chi connectivity index (χ2n) is 3.49. The van der Waals surface area contributed by atoms with Crippen LogP contribution < -0.4 is 5.32 Å². The first-order valence-corrected chi connectivity index (χ1v) is 4.29. The Balaban J connectivity index is 2.49. The summed E-state index contributed by atoms with van der Waals surface area (Å²) in [6, 6.07) is -0.946. The fourth-order valence-corrected chi connectivity index (χ4v) is 0.927. The molecule has 1 saturated heterocycles. The van der Waals surface area contributed by atoms with Gasteiger partial charge in [0.25, 0.3) is 5.91 Å². The molecule has 0 radical (unpaired) electrons. The van der Waals surface area contributed by atoms with Crippen molar-refractivity contribution in [2.75, 3.05) is 6.61 Å². The van der Waals surface area contributed by atoms with Crippen LogP contribution in [-0.4, -0.2) is 29.7 Å². The molecule has 0 aromatic heterocycles. The van der Waals surface area contributed by atoms with E-state index < -0.39 is 12.1 Å². The molecule has 1 aliphatic rings. The highest BCUT2D eigenvalue weighted by atomic mass is 16.7. The Labute approximate surface area is 77.0 Å². The van der Waals surface area contributed by atoms with E-state index in [4.69, 9.17) is 4.84 Å². The van der Waals surface area contributed by atoms with Crippen LogP contribution in [0.15, 0.2) is 0 Å². The van der Waals surface area contributed by atoms with E-state index in [-0.39, 0.29) is 11.8 Å². The predicted molar refractivity (Wildman–Crippen MR) is 45.6 cm³/mol. The van der Waals surface area contributed by atoms with Crippen molar-refractivity contribution in [3.63, 3.8) is 0 Å². The van der Waals surface area contributed by atoms with Crippen molar-refractivity contribution in [3.05, 3.63) is 0 Å². The van der Waals surface area contributed by atoms with Crippen LogP contribution in [0.5, 0.6) is 0 Å². The van der Waals surface area contributed by atoms with Crippen LogP contribution in [0.25, 0.3) is 0 Å². The van der Waals surface area contributed by atoms with Crippen LogP contribution in [0.4, 0.5) is 4.79 Å². The third-order valence-corrected chi connectivity index (χ3v) is 1.63. The zero-order valence-corrected chi connectivity index (χ0v) is 8.03. The molecular formula is C8H14N2O3. The number of urea groups is 1. The molecule has 1 rings (SSSR count). The van der Waals surface area contributed by atoms with Gasteiger partial charge in [-0.2, -0.15) is 0 Å². The van der Waals surface area contributed by atoms with E-state index in [1.54, 1.807) is 6.92 Å². The van der Waals surface area contributed by atoms with Gasteiger partial charge in [-0.25, -0.2) is 4.79 Å². The number of imide groups is 1. The van der Waals surface area contributed by atoms with Crippen LogP contribution in [0.1, 0.15) is 20.8 Å². The van der Waals surface area contributed by atoms with Crippen LogP contribution in [0.2, 0.25) is 0 Å². The third-order valence-electron chi connectivity index (χ3n) is 1.63. The van der Waals surface area contributed by atoms with E-state index in [1.807, 2.05) is 13.8 Å².